The van der Waals surface area contributed by atoms with Crippen molar-refractivity contribution in [1.82, 2.24) is 10.6 Å². The van der Waals surface area contributed by atoms with Gasteiger partial charge in [0.15, 0.2) is 5.96 Å². The molecule has 7 heteroatoms. The summed E-state index contributed by atoms with van der Waals surface area (Å²) in [5.41, 5.74) is 1.15. The summed E-state index contributed by atoms with van der Waals surface area (Å²) in [5, 5.41) is 16.3. The van der Waals surface area contributed by atoms with Crippen molar-refractivity contribution >= 4 is 35.6 Å². The van der Waals surface area contributed by atoms with Crippen molar-refractivity contribution in [2.75, 3.05) is 44.8 Å². The van der Waals surface area contributed by atoms with Crippen LogP contribution in [-0.2, 0) is 0 Å². The molecule has 1 aromatic carbocycles. The summed E-state index contributed by atoms with van der Waals surface area (Å²) < 4.78 is 5.51. The van der Waals surface area contributed by atoms with E-state index in [1.807, 2.05) is 12.1 Å². The van der Waals surface area contributed by atoms with Gasteiger partial charge >= 0.3 is 0 Å². The highest BCUT2D eigenvalue weighted by molar-refractivity contribution is 14.0. The molecule has 0 aliphatic carbocycles. The summed E-state index contributed by atoms with van der Waals surface area (Å²) >= 11 is 0. The molecule has 1 aliphatic heterocycles. The highest BCUT2D eigenvalue weighted by atomic mass is 127. The second-order valence-electron chi connectivity index (χ2n) is 7.98. The number of para-hydroxylation sites is 2. The molecule has 1 aliphatic rings. The molecule has 1 saturated heterocycles. The molecule has 0 bridgehead atoms. The van der Waals surface area contributed by atoms with Gasteiger partial charge in [-0.15, -0.1) is 24.0 Å². The van der Waals surface area contributed by atoms with Crippen LogP contribution in [0.2, 0.25) is 0 Å². The van der Waals surface area contributed by atoms with Crippen molar-refractivity contribution in [3.63, 3.8) is 0 Å². The van der Waals surface area contributed by atoms with E-state index in [2.05, 4.69) is 48.4 Å². The molecule has 2 rings (SSSR count). The summed E-state index contributed by atoms with van der Waals surface area (Å²) in [6, 6.07) is 8.54. The number of aliphatic hydroxyl groups excluding tert-OH is 1. The zero-order valence-corrected chi connectivity index (χ0v) is 20.7. The fourth-order valence-corrected chi connectivity index (χ4v) is 3.85. The van der Waals surface area contributed by atoms with Crippen LogP contribution in [0.3, 0.4) is 0 Å². The number of hydrogen-bond donors (Lipinski definition) is 3. The lowest BCUT2D eigenvalue weighted by molar-refractivity contribution is 0.245. The maximum Gasteiger partial charge on any atom is 0.191 e. The average molecular weight is 518 g/mol. The first-order valence-corrected chi connectivity index (χ1v) is 10.6. The zero-order valence-electron chi connectivity index (χ0n) is 18.4. The van der Waals surface area contributed by atoms with Crippen LogP contribution in [0.1, 0.15) is 40.0 Å². The second kappa shape index (κ2) is 13.9. The van der Waals surface area contributed by atoms with Gasteiger partial charge in [-0.25, -0.2) is 0 Å². The predicted molar refractivity (Wildman–Crippen MR) is 133 cm³/mol. The van der Waals surface area contributed by atoms with Gasteiger partial charge in [-0.3, -0.25) is 4.99 Å². The number of nitrogens with one attached hydrogen (secondary N) is 2. The van der Waals surface area contributed by atoms with E-state index >= 15 is 0 Å². The van der Waals surface area contributed by atoms with Crippen LogP contribution in [-0.4, -0.2) is 57.0 Å². The second-order valence-corrected chi connectivity index (χ2v) is 7.98. The van der Waals surface area contributed by atoms with Crippen LogP contribution in [0, 0.1) is 11.8 Å². The van der Waals surface area contributed by atoms with E-state index in [9.17, 15) is 5.11 Å². The molecule has 0 amide bonds. The normalized spacial score (nSPS) is 17.8. The Hall–Kier alpha value is -1.22. The summed E-state index contributed by atoms with van der Waals surface area (Å²) in [6.07, 6.45) is 2.97. The third kappa shape index (κ3) is 8.58. The maximum atomic E-state index is 9.33. The zero-order chi connectivity index (χ0) is 20.4. The summed E-state index contributed by atoms with van der Waals surface area (Å²) in [6.45, 7) is 10.3. The molecule has 0 spiro atoms. The fraction of sp³-hybridized carbons (Fsp3) is 0.682. The minimum Gasteiger partial charge on any atom is -0.495 e. The summed E-state index contributed by atoms with van der Waals surface area (Å²) in [5.74, 6) is 2.84. The van der Waals surface area contributed by atoms with Gasteiger partial charge in [0, 0.05) is 38.8 Å². The van der Waals surface area contributed by atoms with E-state index in [4.69, 9.17) is 9.73 Å². The molecule has 166 valence electrons. The molecule has 2 atom stereocenters. The number of rotatable bonds is 10. The maximum absolute atomic E-state index is 9.33. The first kappa shape index (κ1) is 25.8. The standard InChI is InChI=1S/C22H38N4O2.HI/c1-5-23-22(24-15-18(11-13-27)14-17(2)3)25-19-10-12-26(16-19)20-8-6-7-9-21(20)28-4;/h6-9,17-19,27H,5,10-16H2,1-4H3,(H2,23,24,25);1H. The number of halogens is 1. The molecule has 1 heterocycles. The Labute approximate surface area is 193 Å². The van der Waals surface area contributed by atoms with Crippen molar-refractivity contribution in [3.8, 4) is 5.75 Å². The van der Waals surface area contributed by atoms with Gasteiger partial charge in [0.2, 0.25) is 0 Å². The fourth-order valence-electron chi connectivity index (χ4n) is 3.85. The SMILES string of the molecule is CCNC(=NCC(CCO)CC(C)C)NC1CCN(c2ccccc2OC)C1.I. The van der Waals surface area contributed by atoms with E-state index in [-0.39, 0.29) is 30.6 Å². The van der Waals surface area contributed by atoms with Crippen molar-refractivity contribution in [3.05, 3.63) is 24.3 Å². The molecule has 0 aromatic heterocycles. The van der Waals surface area contributed by atoms with Crippen LogP contribution in [0.15, 0.2) is 29.3 Å². The van der Waals surface area contributed by atoms with Gasteiger partial charge in [-0.1, -0.05) is 26.0 Å². The van der Waals surface area contributed by atoms with Crippen molar-refractivity contribution < 1.29 is 9.84 Å². The van der Waals surface area contributed by atoms with E-state index < -0.39 is 0 Å². The number of hydrogen-bond acceptors (Lipinski definition) is 4. The Morgan fingerprint density at radius 3 is 2.76 bits per heavy atom. The Morgan fingerprint density at radius 2 is 2.10 bits per heavy atom. The molecule has 1 fully saturated rings. The Bertz CT molecular complexity index is 612. The van der Waals surface area contributed by atoms with E-state index in [0.29, 0.717) is 17.9 Å². The average Bonchev–Trinajstić information content (AvgIpc) is 3.14. The monoisotopic (exact) mass is 518 g/mol. The van der Waals surface area contributed by atoms with E-state index in [1.54, 1.807) is 7.11 Å². The quantitative estimate of drug-likeness (QED) is 0.252. The number of methoxy groups -OCH3 is 1. The third-order valence-corrected chi connectivity index (χ3v) is 5.15. The molecule has 3 N–H and O–H groups in total. The minimum atomic E-state index is 0. The van der Waals surface area contributed by atoms with Crippen molar-refractivity contribution in [2.24, 2.45) is 16.8 Å². The van der Waals surface area contributed by atoms with Gasteiger partial charge in [0.1, 0.15) is 5.75 Å². The largest absolute Gasteiger partial charge is 0.495 e. The lowest BCUT2D eigenvalue weighted by Gasteiger charge is -2.22. The van der Waals surface area contributed by atoms with Crippen molar-refractivity contribution in [1.29, 1.82) is 0 Å². The molecule has 2 unspecified atom stereocenters. The van der Waals surface area contributed by atoms with Gasteiger partial charge in [-0.2, -0.15) is 0 Å². The highest BCUT2D eigenvalue weighted by Gasteiger charge is 2.25. The molecule has 0 radical (unpaired) electrons. The molecule has 29 heavy (non-hydrogen) atoms. The highest BCUT2D eigenvalue weighted by Crippen LogP contribution is 2.30. The molecular weight excluding hydrogens is 479 g/mol. The number of nitrogens with zero attached hydrogens (tertiary/aromatic N) is 2. The number of guanidine groups is 1. The Kier molecular flexibility index (Phi) is 12.4. The number of aliphatic imine (C=N–C) groups is 1. The smallest absolute Gasteiger partial charge is 0.191 e. The van der Waals surface area contributed by atoms with Crippen molar-refractivity contribution in [2.45, 2.75) is 46.1 Å². The Balaban J connectivity index is 0.00000420. The Morgan fingerprint density at radius 1 is 1.34 bits per heavy atom. The van der Waals surface area contributed by atoms with Crippen LogP contribution in [0.4, 0.5) is 5.69 Å². The predicted octanol–water partition coefficient (Wildman–Crippen LogP) is 3.49. The molecular formula is C22H39IN4O2. The number of aliphatic hydroxyl groups is 1. The first-order valence-electron chi connectivity index (χ1n) is 10.6. The molecule has 1 aromatic rings. The van der Waals surface area contributed by atoms with Gasteiger partial charge in [0.25, 0.3) is 0 Å². The minimum absolute atomic E-state index is 0. The summed E-state index contributed by atoms with van der Waals surface area (Å²) in [4.78, 5) is 7.19. The molecule has 6 nitrogen and oxygen atoms in total. The third-order valence-electron chi connectivity index (χ3n) is 5.15. The lowest BCUT2D eigenvalue weighted by atomic mass is 9.94. The van der Waals surface area contributed by atoms with Gasteiger partial charge in [0.05, 0.1) is 12.8 Å². The number of anilines is 1. The van der Waals surface area contributed by atoms with Crippen LogP contribution < -0.4 is 20.3 Å². The first-order chi connectivity index (χ1) is 13.6. The van der Waals surface area contributed by atoms with Crippen LogP contribution in [0.5, 0.6) is 5.75 Å². The number of ether oxygens (including phenoxy) is 1. The van der Waals surface area contributed by atoms with E-state index in [1.165, 1.54) is 0 Å². The van der Waals surface area contributed by atoms with E-state index in [0.717, 1.165) is 62.8 Å². The van der Waals surface area contributed by atoms with Gasteiger partial charge in [-0.05, 0) is 50.2 Å². The van der Waals surface area contributed by atoms with Crippen LogP contribution in [0.25, 0.3) is 0 Å². The van der Waals surface area contributed by atoms with Gasteiger partial charge < -0.3 is 25.4 Å². The number of benzene rings is 1. The lowest BCUT2D eigenvalue weighted by Crippen LogP contribution is -2.45. The topological polar surface area (TPSA) is 69.1 Å². The summed E-state index contributed by atoms with van der Waals surface area (Å²) in [7, 11) is 1.72. The molecule has 0 saturated carbocycles. The van der Waals surface area contributed by atoms with Crippen LogP contribution >= 0.6 is 24.0 Å².